The van der Waals surface area contributed by atoms with Crippen LogP contribution in [0.3, 0.4) is 0 Å². The van der Waals surface area contributed by atoms with Crippen LogP contribution in [0, 0.1) is 0 Å². The van der Waals surface area contributed by atoms with Crippen LogP contribution in [-0.4, -0.2) is 19.4 Å². The summed E-state index contributed by atoms with van der Waals surface area (Å²) in [5, 5.41) is 4.39. The Hall–Kier alpha value is -2.26. The minimum Gasteiger partial charge on any atom is -0.324 e. The molecule has 1 aliphatic carbocycles. The molecule has 1 N–H and O–H groups in total. The van der Waals surface area contributed by atoms with Gasteiger partial charge in [-0.1, -0.05) is 22.0 Å². The Morgan fingerprint density at radius 3 is 2.88 bits per heavy atom. The molecule has 128 valence electrons. The van der Waals surface area contributed by atoms with Crippen molar-refractivity contribution >= 4 is 50.1 Å². The van der Waals surface area contributed by atoms with Gasteiger partial charge in [-0.05, 0) is 42.6 Å². The lowest BCUT2D eigenvalue weighted by Gasteiger charge is -2.11. The fourth-order valence-electron chi connectivity index (χ4n) is 2.72. The summed E-state index contributed by atoms with van der Waals surface area (Å²) in [4.78, 5) is 37.6. The molecular formula is C16H13BrN4O3S. The smallest absolute Gasteiger partial charge is 0.324 e. The highest BCUT2D eigenvalue weighted by Gasteiger charge is 2.29. The molecule has 4 rings (SSSR count). The monoisotopic (exact) mass is 420 g/mol. The summed E-state index contributed by atoms with van der Waals surface area (Å²) >= 11 is 4.45. The average molecular weight is 421 g/mol. The van der Waals surface area contributed by atoms with Crippen molar-refractivity contribution in [3.8, 4) is 0 Å². The normalized spacial score (nSPS) is 14.0. The van der Waals surface area contributed by atoms with E-state index in [1.165, 1.54) is 9.13 Å². The predicted molar refractivity (Wildman–Crippen MR) is 99.2 cm³/mol. The molecule has 2 heterocycles. The first kappa shape index (κ1) is 16.2. The van der Waals surface area contributed by atoms with E-state index in [0.717, 1.165) is 28.8 Å². The van der Waals surface area contributed by atoms with Crippen LogP contribution in [0.4, 0.5) is 5.69 Å². The minimum atomic E-state index is -0.454. The second-order valence-corrected chi connectivity index (χ2v) is 7.43. The third-order valence-corrected chi connectivity index (χ3v) is 5.13. The molecule has 25 heavy (non-hydrogen) atoms. The van der Waals surface area contributed by atoms with Gasteiger partial charge in [0.2, 0.25) is 5.91 Å². The summed E-state index contributed by atoms with van der Waals surface area (Å²) in [7, 11) is 0. The molecule has 1 saturated carbocycles. The molecule has 0 radical (unpaired) electrons. The third kappa shape index (κ3) is 3.05. The topological polar surface area (TPSA) is 86.0 Å². The summed E-state index contributed by atoms with van der Waals surface area (Å²) in [5.41, 5.74) is 0.452. The van der Waals surface area contributed by atoms with Gasteiger partial charge in [0.05, 0.1) is 5.52 Å². The highest BCUT2D eigenvalue weighted by Crippen LogP contribution is 2.32. The first-order valence-electron chi connectivity index (χ1n) is 7.69. The number of benzene rings is 1. The summed E-state index contributed by atoms with van der Waals surface area (Å²) in [5.74, 6) is -0.339. The Kier molecular flexibility index (Phi) is 4.04. The van der Waals surface area contributed by atoms with E-state index in [0.29, 0.717) is 11.2 Å². The molecule has 1 amide bonds. The first-order chi connectivity index (χ1) is 12.0. The summed E-state index contributed by atoms with van der Waals surface area (Å²) in [6.07, 6.45) is 1.60. The van der Waals surface area contributed by atoms with E-state index in [4.69, 9.17) is 0 Å². The predicted octanol–water partition coefficient (Wildman–Crippen LogP) is 2.36. The van der Waals surface area contributed by atoms with Crippen LogP contribution in [-0.2, 0) is 11.3 Å². The van der Waals surface area contributed by atoms with Gasteiger partial charge in [-0.15, -0.1) is 0 Å². The largest absolute Gasteiger partial charge is 0.332 e. The zero-order chi connectivity index (χ0) is 17.6. The van der Waals surface area contributed by atoms with E-state index in [2.05, 4.69) is 25.6 Å². The molecular weight excluding hydrogens is 408 g/mol. The zero-order valence-electron chi connectivity index (χ0n) is 12.9. The molecule has 0 aliphatic heterocycles. The van der Waals surface area contributed by atoms with Crippen molar-refractivity contribution in [2.75, 3.05) is 5.32 Å². The second kappa shape index (κ2) is 6.23. The van der Waals surface area contributed by atoms with Crippen molar-refractivity contribution in [1.29, 1.82) is 0 Å². The van der Waals surface area contributed by atoms with E-state index in [-0.39, 0.29) is 29.6 Å². The maximum absolute atomic E-state index is 12.7. The minimum absolute atomic E-state index is 0.0783. The van der Waals surface area contributed by atoms with Crippen LogP contribution in [0.2, 0.25) is 0 Å². The Morgan fingerprint density at radius 2 is 2.16 bits per heavy atom. The van der Waals surface area contributed by atoms with Gasteiger partial charge in [-0.2, -0.15) is 4.37 Å². The third-order valence-electron chi connectivity index (χ3n) is 4.02. The number of nitrogens with zero attached hydrogens (tertiary/aromatic N) is 3. The Morgan fingerprint density at radius 1 is 1.36 bits per heavy atom. The van der Waals surface area contributed by atoms with Gasteiger partial charge in [0.25, 0.3) is 5.56 Å². The number of rotatable bonds is 4. The van der Waals surface area contributed by atoms with Crippen LogP contribution in [0.15, 0.2) is 43.7 Å². The number of carbonyl (C=O) groups excluding carboxylic acids is 1. The standard InChI is InChI=1S/C16H13BrN4O3S/c17-9-2-1-3-10(6-9)18-13(22)7-20-12-8-25-19-14(12)15(23)21(16(20)24)11-4-5-11/h1-3,6,8,11H,4-5,7H2,(H,18,22). The molecule has 0 bridgehead atoms. The average Bonchev–Trinajstić information content (AvgIpc) is 3.26. The van der Waals surface area contributed by atoms with Crippen molar-refractivity contribution in [3.63, 3.8) is 0 Å². The number of hydrogen-bond acceptors (Lipinski definition) is 5. The zero-order valence-corrected chi connectivity index (χ0v) is 15.3. The van der Waals surface area contributed by atoms with Crippen molar-refractivity contribution < 1.29 is 4.79 Å². The molecule has 0 saturated heterocycles. The lowest BCUT2D eigenvalue weighted by atomic mass is 10.3. The summed E-state index contributed by atoms with van der Waals surface area (Å²) in [6, 6.07) is 7.11. The Bertz CT molecular complexity index is 1100. The second-order valence-electron chi connectivity index (χ2n) is 5.88. The van der Waals surface area contributed by atoms with Crippen LogP contribution in [0.5, 0.6) is 0 Å². The van der Waals surface area contributed by atoms with Gasteiger partial charge in [-0.3, -0.25) is 18.7 Å². The van der Waals surface area contributed by atoms with E-state index >= 15 is 0 Å². The van der Waals surface area contributed by atoms with Crippen LogP contribution >= 0.6 is 27.5 Å². The van der Waals surface area contributed by atoms with Crippen molar-refractivity contribution in [1.82, 2.24) is 13.5 Å². The molecule has 0 atom stereocenters. The number of fused-ring (bicyclic) bond motifs is 1. The lowest BCUT2D eigenvalue weighted by Crippen LogP contribution is -2.41. The van der Waals surface area contributed by atoms with Gasteiger partial charge in [0, 0.05) is 21.6 Å². The first-order valence-corrected chi connectivity index (χ1v) is 9.32. The quantitative estimate of drug-likeness (QED) is 0.701. The lowest BCUT2D eigenvalue weighted by molar-refractivity contribution is -0.116. The van der Waals surface area contributed by atoms with Gasteiger partial charge >= 0.3 is 5.69 Å². The number of halogens is 1. The molecule has 0 unspecified atom stereocenters. The number of hydrogen-bond donors (Lipinski definition) is 1. The maximum Gasteiger partial charge on any atom is 0.332 e. The van der Waals surface area contributed by atoms with Gasteiger partial charge in [-0.25, -0.2) is 4.79 Å². The molecule has 1 aromatic carbocycles. The summed E-state index contributed by atoms with van der Waals surface area (Å²) < 4.78 is 7.50. The number of aromatic nitrogens is 3. The molecule has 1 fully saturated rings. The SMILES string of the molecule is O=C(Cn1c(=O)n(C2CC2)c(=O)c2nscc21)Nc1cccc(Br)c1. The molecule has 1 aliphatic rings. The van der Waals surface area contributed by atoms with Gasteiger partial charge < -0.3 is 5.32 Å². The van der Waals surface area contributed by atoms with Gasteiger partial charge in [0.1, 0.15) is 6.54 Å². The van der Waals surface area contributed by atoms with Crippen molar-refractivity contribution in [3.05, 3.63) is 55.0 Å². The number of anilines is 1. The van der Waals surface area contributed by atoms with E-state index in [1.54, 1.807) is 23.6 Å². The van der Waals surface area contributed by atoms with Crippen LogP contribution < -0.4 is 16.6 Å². The summed E-state index contributed by atoms with van der Waals surface area (Å²) in [6.45, 7) is -0.173. The number of nitrogens with one attached hydrogen (secondary N) is 1. The highest BCUT2D eigenvalue weighted by atomic mass is 79.9. The molecule has 2 aromatic heterocycles. The molecule has 7 nitrogen and oxygen atoms in total. The highest BCUT2D eigenvalue weighted by molar-refractivity contribution is 9.10. The van der Waals surface area contributed by atoms with E-state index in [9.17, 15) is 14.4 Å². The van der Waals surface area contributed by atoms with Gasteiger partial charge in [0.15, 0.2) is 5.52 Å². The number of carbonyl (C=O) groups is 1. The molecule has 9 heteroatoms. The van der Waals surface area contributed by atoms with E-state index < -0.39 is 5.69 Å². The fraction of sp³-hybridized carbons (Fsp3) is 0.250. The Balaban J connectivity index is 1.71. The van der Waals surface area contributed by atoms with Crippen LogP contribution in [0.25, 0.3) is 11.0 Å². The van der Waals surface area contributed by atoms with Crippen LogP contribution in [0.1, 0.15) is 18.9 Å². The Labute approximate surface area is 154 Å². The molecule has 3 aromatic rings. The fourth-order valence-corrected chi connectivity index (χ4v) is 3.79. The number of amides is 1. The maximum atomic E-state index is 12.7. The molecule has 0 spiro atoms. The van der Waals surface area contributed by atoms with E-state index in [1.807, 2.05) is 6.07 Å². The van der Waals surface area contributed by atoms with Crippen molar-refractivity contribution in [2.45, 2.75) is 25.4 Å². The van der Waals surface area contributed by atoms with Crippen molar-refractivity contribution in [2.24, 2.45) is 0 Å².